The Balaban J connectivity index is 2.35. The van der Waals surface area contributed by atoms with Crippen molar-refractivity contribution in [3.63, 3.8) is 0 Å². The highest BCUT2D eigenvalue weighted by atomic mass is 32.2. The number of hydrogen-bond acceptors (Lipinski definition) is 8. The van der Waals surface area contributed by atoms with E-state index in [0.29, 0.717) is 31.0 Å². The summed E-state index contributed by atoms with van der Waals surface area (Å²) < 4.78 is 37.2. The van der Waals surface area contributed by atoms with Crippen LogP contribution < -0.4 is 31.6 Å². The number of benzene rings is 1. The number of carbonyl (C=O) groups is 2. The number of sulfonamides is 1. The fraction of sp³-hybridized carbons (Fsp3) is 0.600. The van der Waals surface area contributed by atoms with Crippen molar-refractivity contribution in [3.05, 3.63) is 29.8 Å². The molecule has 1 atom stereocenters. The lowest BCUT2D eigenvalue weighted by molar-refractivity contribution is 0.0950. The summed E-state index contributed by atoms with van der Waals surface area (Å²) in [5, 5.41) is 5.06. The van der Waals surface area contributed by atoms with Gasteiger partial charge in [-0.05, 0) is 31.2 Å². The molecule has 0 heterocycles. The van der Waals surface area contributed by atoms with Crippen molar-refractivity contribution < 1.29 is 27.5 Å². The van der Waals surface area contributed by atoms with Crippen LogP contribution in [0.15, 0.2) is 24.3 Å². The van der Waals surface area contributed by atoms with Crippen LogP contribution in [0.2, 0.25) is 0 Å². The lowest BCUT2D eigenvalue weighted by Crippen LogP contribution is -2.44. The molecule has 0 spiro atoms. The van der Waals surface area contributed by atoms with Gasteiger partial charge in [0.2, 0.25) is 10.0 Å². The summed E-state index contributed by atoms with van der Waals surface area (Å²) in [5.74, 6) is -0.0646. The van der Waals surface area contributed by atoms with Crippen molar-refractivity contribution in [1.82, 2.24) is 15.4 Å². The summed E-state index contributed by atoms with van der Waals surface area (Å²) >= 11 is 0. The fourth-order valence-corrected chi connectivity index (χ4v) is 3.48. The fourth-order valence-electron chi connectivity index (χ4n) is 2.29. The highest BCUT2D eigenvalue weighted by molar-refractivity contribution is 7.89. The second-order valence-corrected chi connectivity index (χ2v) is 9.95. The number of rotatable bonds is 14. The molecule has 0 aliphatic carbocycles. The standard InChI is InChI=1S/C20H35N5O6S/c1-15(12-24-18(26)16-4-6-17(7-5-16)30-10-8-21)25-32(28,29)11-9-23-19(27)31-14-20(2,3)13-22/h4-7,15,25H,8-14,21-22H2,1-3H3,(H,23,27)(H,24,26)/t15-/m1/s1. The van der Waals surface area contributed by atoms with Gasteiger partial charge in [0.1, 0.15) is 12.4 Å². The molecule has 1 rings (SSSR count). The largest absolute Gasteiger partial charge is 0.492 e. The number of nitrogens with one attached hydrogen (secondary N) is 3. The van der Waals surface area contributed by atoms with E-state index in [2.05, 4.69) is 15.4 Å². The summed E-state index contributed by atoms with van der Waals surface area (Å²) in [4.78, 5) is 23.9. The van der Waals surface area contributed by atoms with Crippen LogP contribution in [0.4, 0.5) is 4.79 Å². The molecule has 11 nitrogen and oxygen atoms in total. The van der Waals surface area contributed by atoms with Crippen molar-refractivity contribution in [2.75, 3.05) is 45.1 Å². The van der Waals surface area contributed by atoms with Crippen LogP contribution in [0.1, 0.15) is 31.1 Å². The second kappa shape index (κ2) is 13.2. The summed E-state index contributed by atoms with van der Waals surface area (Å²) in [7, 11) is -3.67. The van der Waals surface area contributed by atoms with E-state index in [1.807, 2.05) is 13.8 Å². The van der Waals surface area contributed by atoms with Crippen molar-refractivity contribution in [2.45, 2.75) is 26.8 Å². The summed E-state index contributed by atoms with van der Waals surface area (Å²) in [6.45, 7) is 6.54. The third kappa shape index (κ3) is 11.3. The molecule has 0 aliphatic heterocycles. The van der Waals surface area contributed by atoms with E-state index >= 15 is 0 Å². The number of nitrogens with two attached hydrogens (primary N) is 2. The first kappa shape index (κ1) is 27.6. The van der Waals surface area contributed by atoms with Gasteiger partial charge in [0, 0.05) is 43.2 Å². The Morgan fingerprint density at radius 1 is 1.12 bits per heavy atom. The first-order valence-corrected chi connectivity index (χ1v) is 11.9. The molecule has 12 heteroatoms. The van der Waals surface area contributed by atoms with Gasteiger partial charge in [-0.3, -0.25) is 4.79 Å². The first-order chi connectivity index (χ1) is 15.0. The smallest absolute Gasteiger partial charge is 0.407 e. The summed E-state index contributed by atoms with van der Waals surface area (Å²) in [5.41, 5.74) is 11.0. The van der Waals surface area contributed by atoms with E-state index in [4.69, 9.17) is 20.9 Å². The molecule has 0 aliphatic rings. The molecule has 2 amide bonds. The van der Waals surface area contributed by atoms with E-state index in [1.54, 1.807) is 31.2 Å². The molecule has 1 aromatic rings. The molecule has 0 fully saturated rings. The molecule has 0 saturated carbocycles. The predicted octanol–water partition coefficient (Wildman–Crippen LogP) is -0.227. The maximum absolute atomic E-state index is 12.2. The summed E-state index contributed by atoms with van der Waals surface area (Å²) in [6.07, 6.45) is -0.707. The Morgan fingerprint density at radius 2 is 1.78 bits per heavy atom. The Labute approximate surface area is 189 Å². The minimum Gasteiger partial charge on any atom is -0.492 e. The Kier molecular flexibility index (Phi) is 11.4. The van der Waals surface area contributed by atoms with Gasteiger partial charge < -0.3 is 31.6 Å². The van der Waals surface area contributed by atoms with Crippen LogP contribution in [0, 0.1) is 5.41 Å². The van der Waals surface area contributed by atoms with Crippen LogP contribution in [0.25, 0.3) is 0 Å². The lowest BCUT2D eigenvalue weighted by Gasteiger charge is -2.21. The van der Waals surface area contributed by atoms with E-state index in [-0.39, 0.29) is 36.8 Å². The average molecular weight is 474 g/mol. The minimum absolute atomic E-state index is 0.0904. The maximum atomic E-state index is 12.2. The van der Waals surface area contributed by atoms with Gasteiger partial charge in [0.05, 0.1) is 12.4 Å². The van der Waals surface area contributed by atoms with Gasteiger partial charge >= 0.3 is 6.09 Å². The molecule has 0 aromatic heterocycles. The van der Waals surface area contributed by atoms with E-state index in [0.717, 1.165) is 0 Å². The SMILES string of the molecule is C[C@H](CNC(=O)c1ccc(OCCN)cc1)NS(=O)(=O)CCNC(=O)OCC(C)(C)CN. The van der Waals surface area contributed by atoms with Crippen molar-refractivity contribution in [2.24, 2.45) is 16.9 Å². The Morgan fingerprint density at radius 3 is 2.38 bits per heavy atom. The van der Waals surface area contributed by atoms with Gasteiger partial charge in [0.25, 0.3) is 5.91 Å². The minimum atomic E-state index is -3.67. The normalized spacial score (nSPS) is 12.7. The van der Waals surface area contributed by atoms with E-state index in [1.165, 1.54) is 0 Å². The molecule has 1 aromatic carbocycles. The van der Waals surface area contributed by atoms with Crippen molar-refractivity contribution in [1.29, 1.82) is 0 Å². The van der Waals surface area contributed by atoms with Crippen LogP contribution in [0.3, 0.4) is 0 Å². The molecule has 32 heavy (non-hydrogen) atoms. The molecule has 0 bridgehead atoms. The van der Waals surface area contributed by atoms with Gasteiger partial charge in [0.15, 0.2) is 0 Å². The Bertz CT molecular complexity index is 829. The molecule has 0 unspecified atom stereocenters. The van der Waals surface area contributed by atoms with Gasteiger partial charge in [-0.25, -0.2) is 17.9 Å². The van der Waals surface area contributed by atoms with Crippen molar-refractivity contribution in [3.8, 4) is 5.75 Å². The third-order valence-corrected chi connectivity index (χ3v) is 5.74. The number of hydrogen-bond donors (Lipinski definition) is 5. The molecular weight excluding hydrogens is 438 g/mol. The molecule has 182 valence electrons. The summed E-state index contributed by atoms with van der Waals surface area (Å²) in [6, 6.07) is 5.98. The first-order valence-electron chi connectivity index (χ1n) is 10.3. The van der Waals surface area contributed by atoms with Crippen LogP contribution in [-0.4, -0.2) is 71.6 Å². The highest BCUT2D eigenvalue weighted by Crippen LogP contribution is 2.13. The predicted molar refractivity (Wildman–Crippen MR) is 122 cm³/mol. The third-order valence-electron chi connectivity index (χ3n) is 4.24. The highest BCUT2D eigenvalue weighted by Gasteiger charge is 2.19. The monoisotopic (exact) mass is 473 g/mol. The van der Waals surface area contributed by atoms with Gasteiger partial charge in [-0.1, -0.05) is 13.8 Å². The lowest BCUT2D eigenvalue weighted by atomic mass is 9.95. The quantitative estimate of drug-likeness (QED) is 0.246. The van der Waals surface area contributed by atoms with Gasteiger partial charge in [-0.15, -0.1) is 0 Å². The number of alkyl carbamates (subject to hydrolysis) is 1. The number of amides is 2. The molecule has 0 radical (unpaired) electrons. The topological polar surface area (TPSA) is 175 Å². The van der Waals surface area contributed by atoms with Crippen LogP contribution >= 0.6 is 0 Å². The van der Waals surface area contributed by atoms with Gasteiger partial charge in [-0.2, -0.15) is 0 Å². The number of ether oxygens (including phenoxy) is 2. The zero-order valence-electron chi connectivity index (χ0n) is 18.8. The number of carbonyl (C=O) groups excluding carboxylic acids is 2. The zero-order valence-corrected chi connectivity index (χ0v) is 19.7. The molecule has 0 saturated heterocycles. The average Bonchev–Trinajstić information content (AvgIpc) is 2.74. The van der Waals surface area contributed by atoms with E-state index < -0.39 is 22.2 Å². The van der Waals surface area contributed by atoms with Crippen molar-refractivity contribution >= 4 is 22.0 Å². The Hall–Kier alpha value is -2.41. The van der Waals surface area contributed by atoms with Crippen LogP contribution in [0.5, 0.6) is 5.75 Å². The second-order valence-electron chi connectivity index (χ2n) is 8.08. The molecule has 7 N–H and O–H groups in total. The maximum Gasteiger partial charge on any atom is 0.407 e. The van der Waals surface area contributed by atoms with E-state index in [9.17, 15) is 18.0 Å². The zero-order chi connectivity index (χ0) is 24.2. The van der Waals surface area contributed by atoms with Crippen LogP contribution in [-0.2, 0) is 14.8 Å². The molecular formula is C20H35N5O6S.